The van der Waals surface area contributed by atoms with E-state index >= 15 is 0 Å². The van der Waals surface area contributed by atoms with E-state index < -0.39 is 5.92 Å². The van der Waals surface area contributed by atoms with Crippen molar-refractivity contribution in [1.82, 2.24) is 0 Å². The van der Waals surface area contributed by atoms with Crippen molar-refractivity contribution in [3.05, 3.63) is 17.9 Å². The number of rotatable bonds is 5. The molecule has 0 aromatic carbocycles. The van der Waals surface area contributed by atoms with Crippen molar-refractivity contribution in [3.63, 3.8) is 0 Å². The summed E-state index contributed by atoms with van der Waals surface area (Å²) in [5.74, 6) is -0.541. The number of nitriles is 2. The molecule has 0 atom stereocenters. The fourth-order valence-electron chi connectivity index (χ4n) is 1.02. The maximum atomic E-state index is 8.56. The molecule has 0 fully saturated rings. The number of nitrogens with zero attached hydrogens (tertiary/aromatic N) is 2. The van der Waals surface area contributed by atoms with Crippen LogP contribution in [0.1, 0.15) is 32.6 Å². The second-order valence-electron chi connectivity index (χ2n) is 2.90. The summed E-state index contributed by atoms with van der Waals surface area (Å²) < 4.78 is 0. The molecule has 0 bridgehead atoms. The molecule has 0 radical (unpaired) electrons. The molecule has 0 rings (SSSR count). The van der Waals surface area contributed by atoms with Crippen molar-refractivity contribution in [1.29, 1.82) is 10.5 Å². The Balaban J connectivity index is 4.09. The summed E-state index contributed by atoms with van der Waals surface area (Å²) in [4.78, 5) is 0. The predicted octanol–water partition coefficient (Wildman–Crippen LogP) is 2.94. The van der Waals surface area contributed by atoms with Crippen LogP contribution < -0.4 is 0 Å². The molecule has 2 heteroatoms. The Morgan fingerprint density at radius 3 is 2.38 bits per heavy atom. The van der Waals surface area contributed by atoms with Gasteiger partial charge in [0.15, 0.2) is 0 Å². The van der Waals surface area contributed by atoms with Crippen molar-refractivity contribution in [2.45, 2.75) is 32.6 Å². The van der Waals surface area contributed by atoms with E-state index in [0.29, 0.717) is 6.42 Å². The van der Waals surface area contributed by atoms with Gasteiger partial charge in [0.05, 0.1) is 12.1 Å². The first-order chi connectivity index (χ1) is 6.28. The summed E-state index contributed by atoms with van der Waals surface area (Å²) in [6.07, 6.45) is 3.58. The van der Waals surface area contributed by atoms with Gasteiger partial charge in [-0.1, -0.05) is 19.9 Å². The zero-order valence-electron chi connectivity index (χ0n) is 8.01. The van der Waals surface area contributed by atoms with Crippen LogP contribution in [0, 0.1) is 28.6 Å². The van der Waals surface area contributed by atoms with Crippen LogP contribution in [0.2, 0.25) is 0 Å². The zero-order valence-corrected chi connectivity index (χ0v) is 8.01. The highest BCUT2D eigenvalue weighted by Crippen LogP contribution is 2.15. The van der Waals surface area contributed by atoms with E-state index in [4.69, 9.17) is 10.5 Å². The lowest BCUT2D eigenvalue weighted by molar-refractivity contribution is 0.721. The average molecular weight is 174 g/mol. The standard InChI is InChI=1S/C11H14N2/c1-3-5-6-10(4-2)7-11(8-12)9-13/h11H,2-3,5-7H2,1H3. The molecule has 0 aromatic rings. The van der Waals surface area contributed by atoms with Gasteiger partial charge < -0.3 is 0 Å². The van der Waals surface area contributed by atoms with Gasteiger partial charge in [-0.3, -0.25) is 0 Å². The fourth-order valence-corrected chi connectivity index (χ4v) is 1.02. The Labute approximate surface area is 79.8 Å². The Hall–Kier alpha value is -1.50. The third-order valence-corrected chi connectivity index (χ3v) is 1.84. The van der Waals surface area contributed by atoms with E-state index in [9.17, 15) is 0 Å². The van der Waals surface area contributed by atoms with E-state index in [1.54, 1.807) is 0 Å². The lowest BCUT2D eigenvalue weighted by atomic mass is 9.99. The lowest BCUT2D eigenvalue weighted by Gasteiger charge is -2.02. The predicted molar refractivity (Wildman–Crippen MR) is 51.5 cm³/mol. The molecule has 0 saturated heterocycles. The second kappa shape index (κ2) is 7.17. The first kappa shape index (κ1) is 11.5. The van der Waals surface area contributed by atoms with Gasteiger partial charge in [-0.15, -0.1) is 5.73 Å². The quantitative estimate of drug-likeness (QED) is 0.601. The average Bonchev–Trinajstić information content (AvgIpc) is 2.19. The van der Waals surface area contributed by atoms with Gasteiger partial charge in [-0.2, -0.15) is 10.5 Å². The van der Waals surface area contributed by atoms with Crippen molar-refractivity contribution < 1.29 is 0 Å². The highest BCUT2D eigenvalue weighted by atomic mass is 14.3. The van der Waals surface area contributed by atoms with Crippen molar-refractivity contribution >= 4 is 0 Å². The van der Waals surface area contributed by atoms with Gasteiger partial charge in [0.1, 0.15) is 5.92 Å². The van der Waals surface area contributed by atoms with Gasteiger partial charge in [0.2, 0.25) is 0 Å². The van der Waals surface area contributed by atoms with Crippen LogP contribution in [0.25, 0.3) is 0 Å². The van der Waals surface area contributed by atoms with E-state index in [1.165, 1.54) is 0 Å². The van der Waals surface area contributed by atoms with Crippen LogP contribution in [-0.4, -0.2) is 0 Å². The maximum Gasteiger partial charge on any atom is 0.137 e. The SMILES string of the molecule is C=C=C(CCCC)CC(C#N)C#N. The minimum atomic E-state index is -0.541. The molecule has 0 N–H and O–H groups in total. The molecule has 0 aliphatic heterocycles. The maximum absolute atomic E-state index is 8.56. The molecule has 0 saturated carbocycles. The first-order valence-corrected chi connectivity index (χ1v) is 4.45. The fraction of sp³-hybridized carbons (Fsp3) is 0.545. The number of hydrogen-bond acceptors (Lipinski definition) is 2. The van der Waals surface area contributed by atoms with Crippen molar-refractivity contribution in [3.8, 4) is 12.1 Å². The molecule has 13 heavy (non-hydrogen) atoms. The lowest BCUT2D eigenvalue weighted by Crippen LogP contribution is -1.95. The monoisotopic (exact) mass is 174 g/mol. The van der Waals surface area contributed by atoms with Gasteiger partial charge in [0.25, 0.3) is 0 Å². The largest absolute Gasteiger partial charge is 0.197 e. The van der Waals surface area contributed by atoms with Crippen LogP contribution in [0.15, 0.2) is 17.9 Å². The molecule has 68 valence electrons. The summed E-state index contributed by atoms with van der Waals surface area (Å²) in [5, 5.41) is 17.1. The van der Waals surface area contributed by atoms with Gasteiger partial charge in [-0.25, -0.2) is 0 Å². The summed E-state index contributed by atoms with van der Waals surface area (Å²) in [6, 6.07) is 3.89. The van der Waals surface area contributed by atoms with Crippen LogP contribution in [-0.2, 0) is 0 Å². The van der Waals surface area contributed by atoms with Crippen LogP contribution in [0.4, 0.5) is 0 Å². The minimum absolute atomic E-state index is 0.497. The van der Waals surface area contributed by atoms with Gasteiger partial charge in [0, 0.05) is 6.42 Å². The van der Waals surface area contributed by atoms with Gasteiger partial charge in [-0.05, 0) is 18.4 Å². The third-order valence-electron chi connectivity index (χ3n) is 1.84. The summed E-state index contributed by atoms with van der Waals surface area (Å²) in [5.41, 5.74) is 3.80. The smallest absolute Gasteiger partial charge is 0.137 e. The number of unbranched alkanes of at least 4 members (excludes halogenated alkanes) is 1. The molecule has 0 aliphatic carbocycles. The first-order valence-electron chi connectivity index (χ1n) is 4.45. The molecular weight excluding hydrogens is 160 g/mol. The second-order valence-corrected chi connectivity index (χ2v) is 2.90. The zero-order chi connectivity index (χ0) is 10.1. The topological polar surface area (TPSA) is 47.6 Å². The summed E-state index contributed by atoms with van der Waals surface area (Å²) in [6.45, 7) is 5.66. The highest BCUT2D eigenvalue weighted by molar-refractivity contribution is 5.10. The third kappa shape index (κ3) is 4.86. The Morgan fingerprint density at radius 2 is 2.00 bits per heavy atom. The summed E-state index contributed by atoms with van der Waals surface area (Å²) in [7, 11) is 0. The van der Waals surface area contributed by atoms with Crippen LogP contribution >= 0.6 is 0 Å². The van der Waals surface area contributed by atoms with E-state index in [-0.39, 0.29) is 0 Å². The number of hydrogen-bond donors (Lipinski definition) is 0. The van der Waals surface area contributed by atoms with Crippen LogP contribution in [0.3, 0.4) is 0 Å². The molecule has 0 aromatic heterocycles. The molecule has 2 nitrogen and oxygen atoms in total. The molecule has 0 unspecified atom stereocenters. The minimum Gasteiger partial charge on any atom is -0.197 e. The molecule has 0 amide bonds. The van der Waals surface area contributed by atoms with E-state index in [2.05, 4.69) is 19.2 Å². The Bertz CT molecular complexity index is 257. The van der Waals surface area contributed by atoms with E-state index in [1.807, 2.05) is 12.1 Å². The Morgan fingerprint density at radius 1 is 1.38 bits per heavy atom. The molecular formula is C11H14N2. The van der Waals surface area contributed by atoms with Gasteiger partial charge >= 0.3 is 0 Å². The van der Waals surface area contributed by atoms with Crippen molar-refractivity contribution in [2.24, 2.45) is 5.92 Å². The molecule has 0 heterocycles. The van der Waals surface area contributed by atoms with Crippen LogP contribution in [0.5, 0.6) is 0 Å². The molecule has 0 aliphatic rings. The summed E-state index contributed by atoms with van der Waals surface area (Å²) >= 11 is 0. The molecule has 0 spiro atoms. The Kier molecular flexibility index (Phi) is 6.34. The van der Waals surface area contributed by atoms with E-state index in [0.717, 1.165) is 24.8 Å². The normalized spacial score (nSPS) is 8.62. The number of allylic oxidation sites excluding steroid dienone is 1. The highest BCUT2D eigenvalue weighted by Gasteiger charge is 2.07. The van der Waals surface area contributed by atoms with Crippen molar-refractivity contribution in [2.75, 3.05) is 0 Å².